The first-order valence-corrected chi connectivity index (χ1v) is 7.66. The highest BCUT2D eigenvalue weighted by Gasteiger charge is 2.08. The molecule has 0 aliphatic carbocycles. The third-order valence-corrected chi connectivity index (χ3v) is 3.83. The molecule has 2 rings (SSSR count). The predicted molar refractivity (Wildman–Crippen MR) is 83.3 cm³/mol. The maximum atomic E-state index is 6.16. The van der Waals surface area contributed by atoms with Gasteiger partial charge < -0.3 is 5.32 Å². The van der Waals surface area contributed by atoms with Crippen molar-refractivity contribution in [2.75, 3.05) is 11.6 Å². The Kier molecular flexibility index (Phi) is 4.79. The smallest absolute Gasteiger partial charge is 0.190 e. The van der Waals surface area contributed by atoms with Crippen LogP contribution in [0.2, 0.25) is 15.2 Å². The molecule has 0 atom stereocenters. The van der Waals surface area contributed by atoms with Gasteiger partial charge in [0.2, 0.25) is 0 Å². The first-order valence-electron chi connectivity index (χ1n) is 5.31. The molecule has 0 saturated carbocycles. The van der Waals surface area contributed by atoms with Crippen LogP contribution in [0.4, 0.5) is 11.5 Å². The lowest BCUT2D eigenvalue weighted by molar-refractivity contribution is 0.976. The van der Waals surface area contributed by atoms with Crippen LogP contribution in [0.1, 0.15) is 5.56 Å². The molecule has 19 heavy (non-hydrogen) atoms. The number of aromatic nitrogens is 2. The van der Waals surface area contributed by atoms with Gasteiger partial charge in [0.25, 0.3) is 0 Å². The minimum atomic E-state index is 0.371. The number of hydrogen-bond acceptors (Lipinski definition) is 4. The van der Waals surface area contributed by atoms with Gasteiger partial charge in [0.1, 0.15) is 11.0 Å². The Bertz CT molecular complexity index is 619. The van der Waals surface area contributed by atoms with Crippen LogP contribution in [0.5, 0.6) is 0 Å². The van der Waals surface area contributed by atoms with Gasteiger partial charge in [-0.3, -0.25) is 0 Å². The molecule has 0 fully saturated rings. The summed E-state index contributed by atoms with van der Waals surface area (Å²) in [6.45, 7) is 1.89. The maximum Gasteiger partial charge on any atom is 0.190 e. The largest absolute Gasteiger partial charge is 0.339 e. The molecule has 1 N–H and O–H groups in total. The van der Waals surface area contributed by atoms with Crippen molar-refractivity contribution in [1.82, 2.24) is 9.97 Å². The van der Waals surface area contributed by atoms with E-state index in [1.165, 1.54) is 11.8 Å². The van der Waals surface area contributed by atoms with Crippen molar-refractivity contribution < 1.29 is 0 Å². The molecule has 0 aliphatic rings. The second-order valence-electron chi connectivity index (χ2n) is 3.77. The number of benzene rings is 1. The van der Waals surface area contributed by atoms with E-state index in [0.717, 1.165) is 5.56 Å². The number of rotatable bonds is 3. The van der Waals surface area contributed by atoms with E-state index in [0.29, 0.717) is 31.9 Å². The van der Waals surface area contributed by atoms with Crippen LogP contribution in [-0.4, -0.2) is 16.2 Å². The number of aryl methyl sites for hydroxylation is 1. The molecule has 2 aromatic rings. The zero-order chi connectivity index (χ0) is 14.0. The van der Waals surface area contributed by atoms with Gasteiger partial charge in [-0.1, -0.05) is 46.6 Å². The topological polar surface area (TPSA) is 37.8 Å². The molecule has 1 aromatic heterocycles. The third kappa shape index (κ3) is 3.66. The Balaban J connectivity index is 2.36. The van der Waals surface area contributed by atoms with Crippen LogP contribution in [0.15, 0.2) is 23.4 Å². The van der Waals surface area contributed by atoms with E-state index in [4.69, 9.17) is 34.8 Å². The summed E-state index contributed by atoms with van der Waals surface area (Å²) in [4.78, 5) is 8.36. The van der Waals surface area contributed by atoms with Crippen molar-refractivity contribution in [2.45, 2.75) is 12.1 Å². The number of nitrogens with zero attached hydrogens (tertiary/aromatic N) is 2. The molecule has 0 saturated heterocycles. The summed E-state index contributed by atoms with van der Waals surface area (Å²) in [7, 11) is 0. The number of thioether (sulfide) groups is 1. The van der Waals surface area contributed by atoms with E-state index in [1.54, 1.807) is 18.2 Å². The van der Waals surface area contributed by atoms with Gasteiger partial charge in [-0.15, -0.1) is 0 Å². The predicted octanol–water partition coefficient (Wildman–Crippen LogP) is 5.21. The highest BCUT2D eigenvalue weighted by Crippen LogP contribution is 2.31. The normalized spacial score (nSPS) is 10.6. The minimum absolute atomic E-state index is 0.371. The van der Waals surface area contributed by atoms with Crippen molar-refractivity contribution in [3.05, 3.63) is 39.0 Å². The average Bonchev–Trinajstić information content (AvgIpc) is 2.35. The fourth-order valence-corrected chi connectivity index (χ4v) is 2.47. The van der Waals surface area contributed by atoms with Crippen molar-refractivity contribution >= 4 is 58.1 Å². The lowest BCUT2D eigenvalue weighted by Crippen LogP contribution is -1.97. The molecule has 1 aromatic carbocycles. The maximum absolute atomic E-state index is 6.16. The van der Waals surface area contributed by atoms with Gasteiger partial charge in [0.05, 0.1) is 10.7 Å². The zero-order valence-corrected chi connectivity index (χ0v) is 13.3. The van der Waals surface area contributed by atoms with E-state index >= 15 is 0 Å². The number of anilines is 2. The van der Waals surface area contributed by atoms with E-state index in [2.05, 4.69) is 15.3 Å². The van der Waals surface area contributed by atoms with E-state index < -0.39 is 0 Å². The molecule has 0 aliphatic heterocycles. The van der Waals surface area contributed by atoms with Crippen molar-refractivity contribution in [2.24, 2.45) is 0 Å². The molecule has 3 nitrogen and oxygen atoms in total. The fourth-order valence-electron chi connectivity index (χ4n) is 1.43. The Morgan fingerprint density at radius 3 is 2.47 bits per heavy atom. The highest BCUT2D eigenvalue weighted by molar-refractivity contribution is 7.98. The molecule has 100 valence electrons. The van der Waals surface area contributed by atoms with Gasteiger partial charge in [0, 0.05) is 11.1 Å². The van der Waals surface area contributed by atoms with Crippen LogP contribution in [0, 0.1) is 6.92 Å². The lowest BCUT2D eigenvalue weighted by atomic mass is 10.2. The zero-order valence-electron chi connectivity index (χ0n) is 10.2. The van der Waals surface area contributed by atoms with Gasteiger partial charge >= 0.3 is 0 Å². The molecule has 0 bridgehead atoms. The standard InChI is InChI=1S/C12H10Cl3N3S/c1-6-3-8(14)9(4-7(6)13)16-11-5-10(15)17-12(18-11)19-2/h3-5H,1-2H3,(H,16,17,18). The molecular weight excluding hydrogens is 325 g/mol. The Morgan fingerprint density at radius 2 is 1.79 bits per heavy atom. The fraction of sp³-hybridized carbons (Fsp3) is 0.167. The minimum Gasteiger partial charge on any atom is -0.339 e. The monoisotopic (exact) mass is 333 g/mol. The number of nitrogens with one attached hydrogen (secondary N) is 1. The lowest BCUT2D eigenvalue weighted by Gasteiger charge is -2.10. The summed E-state index contributed by atoms with van der Waals surface area (Å²) in [6.07, 6.45) is 1.88. The summed E-state index contributed by atoms with van der Waals surface area (Å²) in [5.41, 5.74) is 1.60. The van der Waals surface area contributed by atoms with Gasteiger partial charge in [-0.05, 0) is 30.9 Å². The SMILES string of the molecule is CSc1nc(Cl)cc(Nc2cc(Cl)c(C)cc2Cl)n1. The van der Waals surface area contributed by atoms with Crippen molar-refractivity contribution in [1.29, 1.82) is 0 Å². The molecule has 0 spiro atoms. The van der Waals surface area contributed by atoms with Crippen LogP contribution in [0.25, 0.3) is 0 Å². The van der Waals surface area contributed by atoms with Gasteiger partial charge in [0.15, 0.2) is 5.16 Å². The van der Waals surface area contributed by atoms with Crippen LogP contribution in [-0.2, 0) is 0 Å². The molecule has 1 heterocycles. The summed E-state index contributed by atoms with van der Waals surface area (Å²) >= 11 is 19.6. The highest BCUT2D eigenvalue weighted by atomic mass is 35.5. The van der Waals surface area contributed by atoms with Gasteiger partial charge in [-0.2, -0.15) is 0 Å². The van der Waals surface area contributed by atoms with Crippen molar-refractivity contribution in [3.63, 3.8) is 0 Å². The Labute approximate surface area is 130 Å². The summed E-state index contributed by atoms with van der Waals surface area (Å²) in [5.74, 6) is 0.575. The number of halogens is 3. The average molecular weight is 335 g/mol. The van der Waals surface area contributed by atoms with Crippen LogP contribution >= 0.6 is 46.6 Å². The second-order valence-corrected chi connectivity index (χ2v) is 5.74. The molecular formula is C12H10Cl3N3S. The second kappa shape index (κ2) is 6.18. The van der Waals surface area contributed by atoms with E-state index in [9.17, 15) is 0 Å². The summed E-state index contributed by atoms with van der Waals surface area (Å²) < 4.78 is 0. The van der Waals surface area contributed by atoms with Crippen LogP contribution in [0.3, 0.4) is 0 Å². The molecule has 7 heteroatoms. The van der Waals surface area contributed by atoms with Crippen molar-refractivity contribution in [3.8, 4) is 0 Å². The van der Waals surface area contributed by atoms with Gasteiger partial charge in [-0.25, -0.2) is 9.97 Å². The molecule has 0 radical (unpaired) electrons. The first-order chi connectivity index (χ1) is 8.99. The summed E-state index contributed by atoms with van der Waals surface area (Å²) in [6, 6.07) is 5.18. The molecule has 0 amide bonds. The number of hydrogen-bond donors (Lipinski definition) is 1. The Morgan fingerprint density at radius 1 is 1.05 bits per heavy atom. The molecule has 0 unspecified atom stereocenters. The quantitative estimate of drug-likeness (QED) is 0.475. The first kappa shape index (κ1) is 14.7. The summed E-state index contributed by atoms with van der Waals surface area (Å²) in [5, 5.41) is 5.26. The van der Waals surface area contributed by atoms with E-state index in [-0.39, 0.29) is 0 Å². The van der Waals surface area contributed by atoms with E-state index in [1.807, 2.05) is 13.2 Å². The third-order valence-electron chi connectivity index (χ3n) is 2.37. The van der Waals surface area contributed by atoms with Crippen LogP contribution < -0.4 is 5.32 Å². The Hall–Kier alpha value is -0.680.